The van der Waals surface area contributed by atoms with Crippen LogP contribution in [0.3, 0.4) is 0 Å². The predicted molar refractivity (Wildman–Crippen MR) is 411 cm³/mol. The third kappa shape index (κ3) is 10.6. The van der Waals surface area contributed by atoms with Gasteiger partial charge in [0, 0.05) is 76.1 Å². The first kappa shape index (κ1) is 58.2. The van der Waals surface area contributed by atoms with E-state index >= 15 is 0 Å². The van der Waals surface area contributed by atoms with Gasteiger partial charge in [-0.3, -0.25) is 0 Å². The van der Waals surface area contributed by atoms with E-state index in [1.165, 1.54) is 10.1 Å². The zero-order valence-electron chi connectivity index (χ0n) is 53.7. The van der Waals surface area contributed by atoms with E-state index in [2.05, 4.69) is 285 Å². The Morgan fingerprint density at radius 1 is 0.220 bits per heavy atom. The molecule has 0 radical (unpaired) electrons. The zero-order valence-corrected chi connectivity index (χ0v) is 54.5. The van der Waals surface area contributed by atoms with Crippen molar-refractivity contribution < 1.29 is 4.42 Å². The number of pyridine rings is 2. The molecule has 0 fully saturated rings. The predicted octanol–water partition coefficient (Wildman–Crippen LogP) is 24.0. The third-order valence-electron chi connectivity index (χ3n) is 19.0. The molecule has 0 aliphatic rings. The number of rotatable bonds is 12. The summed E-state index contributed by atoms with van der Waals surface area (Å²) in [6, 6.07) is 117. The van der Waals surface area contributed by atoms with Gasteiger partial charge in [-0.25, -0.2) is 34.9 Å². The van der Waals surface area contributed by atoms with Crippen LogP contribution in [-0.2, 0) is 0 Å². The van der Waals surface area contributed by atoms with Gasteiger partial charge in [0.2, 0.25) is 5.71 Å². The van der Waals surface area contributed by atoms with Crippen LogP contribution in [0.25, 0.3) is 199 Å². The molecule has 100 heavy (non-hydrogen) atoms. The number of hydrogen-bond acceptors (Lipinski definition) is 9. The lowest BCUT2D eigenvalue weighted by atomic mass is 9.92. The van der Waals surface area contributed by atoms with Crippen molar-refractivity contribution in [2.45, 2.75) is 0 Å². The van der Waals surface area contributed by atoms with E-state index in [1.807, 2.05) is 48.5 Å². The van der Waals surface area contributed by atoms with Crippen molar-refractivity contribution in [3.63, 3.8) is 0 Å². The number of fused-ring (bicyclic) bond motifs is 8. The summed E-state index contributed by atoms with van der Waals surface area (Å²) in [5.41, 5.74) is 23.6. The van der Waals surface area contributed by atoms with Crippen LogP contribution in [0.4, 0.5) is 0 Å². The molecule has 0 bridgehead atoms. The van der Waals surface area contributed by atoms with Crippen molar-refractivity contribution in [2.75, 3.05) is 0 Å². The number of thiophene rings is 1. The summed E-state index contributed by atoms with van der Waals surface area (Å²) < 4.78 is 7.60. The Balaban J connectivity index is 0.674. The molecule has 19 aromatic rings. The second kappa shape index (κ2) is 24.5. The second-order valence-corrected chi connectivity index (χ2v) is 26.2. The number of aromatic nitrogens is 7. The van der Waals surface area contributed by atoms with Crippen molar-refractivity contribution in [3.05, 3.63) is 334 Å². The van der Waals surface area contributed by atoms with Crippen molar-refractivity contribution in [3.8, 4) is 135 Å². The first-order valence-electron chi connectivity index (χ1n) is 33.4. The minimum absolute atomic E-state index is 0.564. The highest BCUT2D eigenvalue weighted by atomic mass is 32.1. The first-order chi connectivity index (χ1) is 49.5. The van der Waals surface area contributed by atoms with Gasteiger partial charge in [-0.05, 0) is 110 Å². The fourth-order valence-corrected chi connectivity index (χ4v) is 15.2. The molecule has 6 aromatic heterocycles. The maximum absolute atomic E-state index is 6.41. The van der Waals surface area contributed by atoms with Crippen LogP contribution in [0.2, 0.25) is 0 Å². The van der Waals surface area contributed by atoms with Gasteiger partial charge < -0.3 is 4.42 Å². The highest BCUT2D eigenvalue weighted by Crippen LogP contribution is 2.46. The van der Waals surface area contributed by atoms with E-state index in [-0.39, 0.29) is 0 Å². The minimum Gasteiger partial charge on any atom is -0.438 e. The number of furan rings is 1. The molecule has 0 unspecified atom stereocenters. The number of nitrogens with zero attached hydrogens (tertiary/aromatic N) is 7. The lowest BCUT2D eigenvalue weighted by Crippen LogP contribution is -2.00. The van der Waals surface area contributed by atoms with E-state index in [9.17, 15) is 0 Å². The highest BCUT2D eigenvalue weighted by molar-refractivity contribution is 7.25. The largest absolute Gasteiger partial charge is 0.438 e. The Morgan fingerprint density at radius 3 is 1.25 bits per heavy atom. The topological polar surface area (TPSA) is 103 Å². The van der Waals surface area contributed by atoms with Gasteiger partial charge in [-0.1, -0.05) is 279 Å². The van der Waals surface area contributed by atoms with Crippen LogP contribution >= 0.6 is 11.3 Å². The normalized spacial score (nSPS) is 11.6. The fourth-order valence-electron chi connectivity index (χ4n) is 14.1. The van der Waals surface area contributed by atoms with E-state index in [0.717, 1.165) is 160 Å². The average Bonchev–Trinajstić information content (AvgIpc) is 1.54. The van der Waals surface area contributed by atoms with E-state index < -0.39 is 0 Å². The molecule has 0 N–H and O–H groups in total. The Morgan fingerprint density at radius 2 is 0.620 bits per heavy atom. The molecule has 6 heterocycles. The quantitative estimate of drug-likeness (QED) is 0.119. The smallest absolute Gasteiger partial charge is 0.228 e. The summed E-state index contributed by atoms with van der Waals surface area (Å²) in [5, 5.41) is 6.40. The maximum atomic E-state index is 6.41. The molecule has 8 nitrogen and oxygen atoms in total. The molecule has 0 saturated carbocycles. The number of benzene rings is 13. The van der Waals surface area contributed by atoms with E-state index in [0.29, 0.717) is 29.0 Å². The Labute approximate surface area is 579 Å². The molecule has 0 aliphatic carbocycles. The van der Waals surface area contributed by atoms with Gasteiger partial charge in [0.15, 0.2) is 23.3 Å². The van der Waals surface area contributed by atoms with Crippen molar-refractivity contribution in [1.82, 2.24) is 34.9 Å². The molecular formula is C91H55N7OS. The van der Waals surface area contributed by atoms with Crippen molar-refractivity contribution in [1.29, 1.82) is 0 Å². The molecule has 13 aromatic carbocycles. The molecule has 0 atom stereocenters. The van der Waals surface area contributed by atoms with Crippen LogP contribution in [0.5, 0.6) is 0 Å². The van der Waals surface area contributed by atoms with Gasteiger partial charge in [-0.2, -0.15) is 0 Å². The first-order valence-corrected chi connectivity index (χ1v) is 34.2. The monoisotopic (exact) mass is 1290 g/mol. The van der Waals surface area contributed by atoms with Crippen LogP contribution in [0.1, 0.15) is 0 Å². The zero-order chi connectivity index (χ0) is 66.0. The van der Waals surface area contributed by atoms with Crippen molar-refractivity contribution >= 4 is 75.5 Å². The molecule has 19 rings (SSSR count). The Kier molecular flexibility index (Phi) is 14.2. The molecule has 0 aliphatic heterocycles. The third-order valence-corrected chi connectivity index (χ3v) is 20.1. The average molecular weight is 1290 g/mol. The van der Waals surface area contributed by atoms with Crippen molar-refractivity contribution in [2.24, 2.45) is 0 Å². The van der Waals surface area contributed by atoms with Gasteiger partial charge in [-0.15, -0.1) is 11.3 Å². The van der Waals surface area contributed by atoms with Crippen LogP contribution in [0, 0.1) is 0 Å². The van der Waals surface area contributed by atoms with Crippen LogP contribution < -0.4 is 0 Å². The molecule has 466 valence electrons. The Hall–Kier alpha value is -13.2. The number of para-hydroxylation sites is 2. The number of hydrogen-bond donors (Lipinski definition) is 0. The SMILES string of the molecule is c1ccc(-c2ccc(-c3nc(-c4ccc(-c5ccc(-c6ccc7nc8sc9ccccc9c8c(-c8cccc(-c9nc(-c%10ccccc%10)cc(-c%10cccc(-c%11ccccc%11)c%10)n9)c8)c7c6)cc5)cc4)nc(-c4cccc(-c5c6ccccc6nc6oc7ccccc7c56)c4)n3)cc2)cc1. The van der Waals surface area contributed by atoms with Gasteiger partial charge in [0.1, 0.15) is 10.4 Å². The summed E-state index contributed by atoms with van der Waals surface area (Å²) in [6.07, 6.45) is 0. The van der Waals surface area contributed by atoms with Crippen LogP contribution in [-0.4, -0.2) is 34.9 Å². The summed E-state index contributed by atoms with van der Waals surface area (Å²) in [7, 11) is 0. The highest BCUT2D eigenvalue weighted by Gasteiger charge is 2.23. The summed E-state index contributed by atoms with van der Waals surface area (Å²) in [5.74, 6) is 2.37. The second-order valence-electron chi connectivity index (χ2n) is 25.1. The lowest BCUT2D eigenvalue weighted by molar-refractivity contribution is 0.656. The maximum Gasteiger partial charge on any atom is 0.228 e. The van der Waals surface area contributed by atoms with Gasteiger partial charge >= 0.3 is 0 Å². The molecule has 0 spiro atoms. The summed E-state index contributed by atoms with van der Waals surface area (Å²) >= 11 is 1.73. The molecular weight excluding hydrogens is 1240 g/mol. The fraction of sp³-hybridized carbons (Fsp3) is 0. The summed E-state index contributed by atoms with van der Waals surface area (Å²) in [4.78, 5) is 37.8. The standard InChI is InChI=1S/C91H55N7OS/c1-4-19-56(20-5-1)58-41-45-63(46-42-58)86-96-87(98-89(97-86)71-30-17-27-68(52-71)82-72-31-10-13-34-76(72)94-90-84(82)73-32-11-14-35-80(73)99-90)64-47-43-60(44-48-64)59-37-39-61(40-38-59)66-49-50-77-75(54-66)83(85-74-33-12-15-36-81(74)100-91(85)95-77)69-28-18-29-70(53-69)88-92-78(62-23-8-3-9-24-62)55-79(93-88)67-26-16-25-65(51-67)57-21-6-2-7-22-57/h1-55H. The van der Waals surface area contributed by atoms with E-state index in [1.54, 1.807) is 11.3 Å². The lowest BCUT2D eigenvalue weighted by Gasteiger charge is -2.14. The minimum atomic E-state index is 0.564. The van der Waals surface area contributed by atoms with E-state index in [4.69, 9.17) is 39.3 Å². The Bertz CT molecular complexity index is 6370. The van der Waals surface area contributed by atoms with Gasteiger partial charge in [0.25, 0.3) is 0 Å². The molecule has 9 heteroatoms. The molecule has 0 saturated heterocycles. The molecule has 0 amide bonds. The van der Waals surface area contributed by atoms with Gasteiger partial charge in [0.05, 0.1) is 27.8 Å². The summed E-state index contributed by atoms with van der Waals surface area (Å²) in [6.45, 7) is 0. The van der Waals surface area contributed by atoms with Crippen LogP contribution in [0.15, 0.2) is 338 Å².